The highest BCUT2D eigenvalue weighted by atomic mass is 32.1. The van der Waals surface area contributed by atoms with Crippen molar-refractivity contribution in [1.82, 2.24) is 9.88 Å². The lowest BCUT2D eigenvalue weighted by atomic mass is 9.76. The molecule has 25 heavy (non-hydrogen) atoms. The van der Waals surface area contributed by atoms with Gasteiger partial charge in [0.05, 0.1) is 27.7 Å². The Hall–Kier alpha value is -2.47. The van der Waals surface area contributed by atoms with E-state index in [9.17, 15) is 4.79 Å². The van der Waals surface area contributed by atoms with Crippen molar-refractivity contribution in [2.75, 3.05) is 7.05 Å². The van der Waals surface area contributed by atoms with E-state index in [0.29, 0.717) is 12.4 Å². The number of aromatic nitrogens is 1. The maximum atomic E-state index is 12.3. The van der Waals surface area contributed by atoms with Crippen LogP contribution in [0.25, 0.3) is 15.8 Å². The Morgan fingerprint density at radius 3 is 3.04 bits per heavy atom. The summed E-state index contributed by atoms with van der Waals surface area (Å²) in [6.07, 6.45) is 7.75. The summed E-state index contributed by atoms with van der Waals surface area (Å²) in [6, 6.07) is 6.35. The largest absolute Gasteiger partial charge is 0.369 e. The van der Waals surface area contributed by atoms with E-state index in [4.69, 9.17) is 5.73 Å². The minimum atomic E-state index is -0.506. The van der Waals surface area contributed by atoms with Gasteiger partial charge in [0.15, 0.2) is 5.96 Å². The molecule has 4 rings (SSSR count). The van der Waals surface area contributed by atoms with Crippen LogP contribution >= 0.6 is 11.3 Å². The van der Waals surface area contributed by atoms with Crippen LogP contribution in [0.4, 0.5) is 0 Å². The number of rotatable bonds is 2. The molecule has 6 heteroatoms. The molecule has 5 nitrogen and oxygen atoms in total. The summed E-state index contributed by atoms with van der Waals surface area (Å²) in [5.41, 5.74) is 10.6. The van der Waals surface area contributed by atoms with Crippen molar-refractivity contribution in [2.24, 2.45) is 16.6 Å². The zero-order valence-corrected chi connectivity index (χ0v) is 15.1. The zero-order chi connectivity index (χ0) is 17.6. The number of guanidine groups is 1. The molecule has 2 aromatic rings. The van der Waals surface area contributed by atoms with Crippen LogP contribution in [0, 0.1) is 5.92 Å². The molecule has 2 atom stereocenters. The third-order valence-corrected chi connectivity index (χ3v) is 5.94. The number of nitrogens with two attached hydrogens (primary N) is 1. The van der Waals surface area contributed by atoms with Crippen molar-refractivity contribution in [3.63, 3.8) is 0 Å². The van der Waals surface area contributed by atoms with E-state index in [2.05, 4.69) is 46.4 Å². The minimum absolute atomic E-state index is 0.0170. The van der Waals surface area contributed by atoms with Gasteiger partial charge >= 0.3 is 0 Å². The van der Waals surface area contributed by atoms with Gasteiger partial charge in [0, 0.05) is 13.0 Å². The van der Waals surface area contributed by atoms with Gasteiger partial charge in [-0.1, -0.05) is 24.3 Å². The Morgan fingerprint density at radius 1 is 1.40 bits per heavy atom. The fraction of sp³-hybridized carbons (Fsp3) is 0.316. The van der Waals surface area contributed by atoms with Crippen molar-refractivity contribution in [3.05, 3.63) is 47.5 Å². The second-order valence-corrected chi connectivity index (χ2v) is 7.74. The molecular formula is C19H20N4OS. The summed E-state index contributed by atoms with van der Waals surface area (Å²) in [6.45, 7) is 2.02. The summed E-state index contributed by atoms with van der Waals surface area (Å²) in [5.74, 6) is 0.449. The first-order chi connectivity index (χ1) is 12.0. The van der Waals surface area contributed by atoms with Gasteiger partial charge in [0.2, 0.25) is 5.91 Å². The highest BCUT2D eigenvalue weighted by molar-refractivity contribution is 7.16. The Kier molecular flexibility index (Phi) is 3.72. The molecule has 128 valence electrons. The molecule has 1 amide bonds. The fourth-order valence-corrected chi connectivity index (χ4v) is 4.15. The van der Waals surface area contributed by atoms with E-state index >= 15 is 0 Å². The van der Waals surface area contributed by atoms with Crippen LogP contribution in [0.5, 0.6) is 0 Å². The second kappa shape index (κ2) is 5.81. The minimum Gasteiger partial charge on any atom is -0.369 e. The van der Waals surface area contributed by atoms with Crippen LogP contribution in [-0.2, 0) is 4.79 Å². The van der Waals surface area contributed by atoms with Crippen LogP contribution in [-0.4, -0.2) is 34.3 Å². The van der Waals surface area contributed by atoms with Gasteiger partial charge in [-0.3, -0.25) is 9.69 Å². The quantitative estimate of drug-likeness (QED) is 0.902. The van der Waals surface area contributed by atoms with Crippen LogP contribution in [0.15, 0.2) is 46.9 Å². The first-order valence-electron chi connectivity index (χ1n) is 8.30. The molecule has 0 fully saturated rings. The number of aliphatic imine (C=N–C) groups is 1. The molecular weight excluding hydrogens is 332 g/mol. The predicted octanol–water partition coefficient (Wildman–Crippen LogP) is 3.19. The Labute approximate surface area is 150 Å². The maximum absolute atomic E-state index is 12.3. The molecule has 1 aromatic heterocycles. The van der Waals surface area contributed by atoms with Crippen molar-refractivity contribution >= 4 is 39.0 Å². The Morgan fingerprint density at radius 2 is 2.24 bits per heavy atom. The van der Waals surface area contributed by atoms with Crippen LogP contribution in [0.3, 0.4) is 0 Å². The summed E-state index contributed by atoms with van der Waals surface area (Å²) in [7, 11) is 1.67. The molecule has 0 bridgehead atoms. The maximum Gasteiger partial charge on any atom is 0.231 e. The second-order valence-electron chi connectivity index (χ2n) is 6.86. The molecule has 1 aliphatic carbocycles. The number of allylic oxidation sites excluding steroid dienone is 3. The first-order valence-corrected chi connectivity index (χ1v) is 9.18. The van der Waals surface area contributed by atoms with Gasteiger partial charge in [-0.15, -0.1) is 11.3 Å². The van der Waals surface area contributed by atoms with Gasteiger partial charge < -0.3 is 5.73 Å². The topological polar surface area (TPSA) is 71.6 Å². The molecule has 0 spiro atoms. The Balaban J connectivity index is 1.70. The molecule has 0 saturated carbocycles. The third-order valence-electron chi connectivity index (χ3n) is 5.13. The molecule has 2 aliphatic rings. The number of thiazole rings is 1. The molecule has 2 heterocycles. The summed E-state index contributed by atoms with van der Waals surface area (Å²) >= 11 is 1.64. The van der Waals surface area contributed by atoms with E-state index in [0.717, 1.165) is 23.1 Å². The van der Waals surface area contributed by atoms with Crippen LogP contribution in [0.1, 0.15) is 25.3 Å². The van der Waals surface area contributed by atoms with E-state index in [1.165, 1.54) is 9.60 Å². The lowest BCUT2D eigenvalue weighted by Gasteiger charge is -2.38. The molecule has 0 radical (unpaired) electrons. The van der Waals surface area contributed by atoms with E-state index in [1.807, 2.05) is 12.4 Å². The normalized spacial score (nSPS) is 26.7. The predicted molar refractivity (Wildman–Crippen MR) is 102 cm³/mol. The number of hydrogen-bond donors (Lipinski definition) is 1. The van der Waals surface area contributed by atoms with Crippen molar-refractivity contribution < 1.29 is 4.79 Å². The fourth-order valence-electron chi connectivity index (χ4n) is 3.49. The van der Waals surface area contributed by atoms with Gasteiger partial charge in [0.1, 0.15) is 0 Å². The number of nitrogens with zero attached hydrogens (tertiary/aromatic N) is 3. The van der Waals surface area contributed by atoms with Gasteiger partial charge in [0.25, 0.3) is 0 Å². The van der Waals surface area contributed by atoms with Gasteiger partial charge in [-0.05, 0) is 36.6 Å². The van der Waals surface area contributed by atoms with Gasteiger partial charge in [-0.2, -0.15) is 0 Å². The number of fused-ring (bicyclic) bond motifs is 1. The average Bonchev–Trinajstić information content (AvgIpc) is 3.07. The SMILES string of the molecule is CN1C(=O)C[C@@](C)(C2C=C(c3ccc4scnc4c3)C=CC2)N=C1N. The van der Waals surface area contributed by atoms with Gasteiger partial charge in [-0.25, -0.2) is 9.98 Å². The summed E-state index contributed by atoms with van der Waals surface area (Å²) < 4.78 is 1.19. The van der Waals surface area contributed by atoms with Crippen LogP contribution in [0.2, 0.25) is 0 Å². The zero-order valence-electron chi connectivity index (χ0n) is 14.3. The average molecular weight is 352 g/mol. The summed E-state index contributed by atoms with van der Waals surface area (Å²) in [5, 5.41) is 0. The smallest absolute Gasteiger partial charge is 0.231 e. The third kappa shape index (κ3) is 2.76. The molecule has 0 saturated heterocycles. The lowest BCUT2D eigenvalue weighted by Crippen LogP contribution is -2.51. The molecule has 1 unspecified atom stereocenters. The van der Waals surface area contributed by atoms with Crippen molar-refractivity contribution in [3.8, 4) is 0 Å². The number of amides is 1. The van der Waals surface area contributed by atoms with E-state index in [-0.39, 0.29) is 11.8 Å². The highest BCUT2D eigenvalue weighted by Crippen LogP contribution is 2.38. The number of carbonyl (C=O) groups excluding carboxylic acids is 1. The van der Waals surface area contributed by atoms with Crippen molar-refractivity contribution in [2.45, 2.75) is 25.3 Å². The molecule has 1 aliphatic heterocycles. The number of benzene rings is 1. The lowest BCUT2D eigenvalue weighted by molar-refractivity contribution is -0.128. The monoisotopic (exact) mass is 352 g/mol. The van der Waals surface area contributed by atoms with E-state index in [1.54, 1.807) is 18.4 Å². The van der Waals surface area contributed by atoms with E-state index < -0.39 is 5.54 Å². The molecule has 1 aromatic carbocycles. The van der Waals surface area contributed by atoms with Crippen LogP contribution < -0.4 is 5.73 Å². The molecule has 2 N–H and O–H groups in total. The standard InChI is InChI=1S/C19H20N4OS/c1-19(10-17(24)23(2)18(20)22-19)14-5-3-4-12(8-14)13-6-7-16-15(9-13)21-11-25-16/h3-4,6-9,11,14H,5,10H2,1-2H3,(H2,20,22)/t14?,19-/m0/s1. The Bertz CT molecular complexity index is 942. The van der Waals surface area contributed by atoms with Crippen molar-refractivity contribution in [1.29, 1.82) is 0 Å². The summed E-state index contributed by atoms with van der Waals surface area (Å²) in [4.78, 5) is 22.7. The number of hydrogen-bond acceptors (Lipinski definition) is 5. The highest BCUT2D eigenvalue weighted by Gasteiger charge is 2.40. The number of carbonyl (C=O) groups is 1. The first kappa shape index (κ1) is 16.0.